The van der Waals surface area contributed by atoms with Gasteiger partial charge in [0.2, 0.25) is 5.91 Å². The molecular formula is C21H21N3O4. The van der Waals surface area contributed by atoms with Crippen molar-refractivity contribution >= 4 is 16.8 Å². The van der Waals surface area contributed by atoms with Gasteiger partial charge in [-0.15, -0.1) is 0 Å². The molecule has 0 aliphatic carbocycles. The Kier molecular flexibility index (Phi) is 4.73. The smallest absolute Gasteiger partial charge is 0.261 e. The second kappa shape index (κ2) is 7.34. The Morgan fingerprint density at radius 2 is 1.96 bits per heavy atom. The van der Waals surface area contributed by atoms with Gasteiger partial charge in [0.15, 0.2) is 11.5 Å². The van der Waals surface area contributed by atoms with Crippen LogP contribution in [-0.4, -0.2) is 28.7 Å². The monoisotopic (exact) mass is 379 g/mol. The van der Waals surface area contributed by atoms with Crippen LogP contribution in [0.2, 0.25) is 0 Å². The molecule has 0 fully saturated rings. The molecule has 3 aromatic rings. The molecule has 1 aliphatic rings. The minimum Gasteiger partial charge on any atom is -0.486 e. The van der Waals surface area contributed by atoms with Crippen LogP contribution in [0.3, 0.4) is 0 Å². The van der Waals surface area contributed by atoms with Crippen molar-refractivity contribution in [3.05, 3.63) is 64.2 Å². The van der Waals surface area contributed by atoms with Crippen LogP contribution in [0.4, 0.5) is 0 Å². The second-order valence-corrected chi connectivity index (χ2v) is 6.89. The van der Waals surface area contributed by atoms with Gasteiger partial charge >= 0.3 is 0 Å². The van der Waals surface area contributed by atoms with Gasteiger partial charge in [-0.05, 0) is 43.7 Å². The van der Waals surface area contributed by atoms with Gasteiger partial charge in [-0.25, -0.2) is 4.98 Å². The van der Waals surface area contributed by atoms with Crippen molar-refractivity contribution in [2.75, 3.05) is 13.2 Å². The first kappa shape index (κ1) is 18.0. The molecule has 7 nitrogen and oxygen atoms in total. The van der Waals surface area contributed by atoms with E-state index in [1.807, 2.05) is 38.1 Å². The topological polar surface area (TPSA) is 82.5 Å². The van der Waals surface area contributed by atoms with Gasteiger partial charge in [0.05, 0.1) is 23.3 Å². The van der Waals surface area contributed by atoms with E-state index in [2.05, 4.69) is 10.3 Å². The Balaban J connectivity index is 1.49. The van der Waals surface area contributed by atoms with Crippen molar-refractivity contribution in [2.24, 2.45) is 0 Å². The molecule has 0 radical (unpaired) electrons. The maximum atomic E-state index is 12.6. The van der Waals surface area contributed by atoms with E-state index in [-0.39, 0.29) is 24.1 Å². The van der Waals surface area contributed by atoms with Crippen LogP contribution in [0, 0.1) is 6.92 Å². The van der Waals surface area contributed by atoms with Crippen LogP contribution in [0.25, 0.3) is 10.9 Å². The summed E-state index contributed by atoms with van der Waals surface area (Å²) in [4.78, 5) is 29.4. The fourth-order valence-corrected chi connectivity index (χ4v) is 3.24. The predicted octanol–water partition coefficient (Wildman–Crippen LogP) is 2.35. The molecule has 28 heavy (non-hydrogen) atoms. The van der Waals surface area contributed by atoms with Gasteiger partial charge in [-0.2, -0.15) is 0 Å². The van der Waals surface area contributed by atoms with Crippen molar-refractivity contribution in [1.29, 1.82) is 0 Å². The molecule has 1 aromatic heterocycles. The maximum absolute atomic E-state index is 12.6. The van der Waals surface area contributed by atoms with Crippen LogP contribution in [0.1, 0.15) is 24.1 Å². The first-order valence-corrected chi connectivity index (χ1v) is 9.16. The van der Waals surface area contributed by atoms with E-state index in [4.69, 9.17) is 9.47 Å². The number of aromatic nitrogens is 2. The van der Waals surface area contributed by atoms with Crippen LogP contribution in [0.5, 0.6) is 11.5 Å². The van der Waals surface area contributed by atoms with Crippen LogP contribution >= 0.6 is 0 Å². The number of hydrogen-bond acceptors (Lipinski definition) is 5. The fraction of sp³-hybridized carbons (Fsp3) is 0.286. The quantitative estimate of drug-likeness (QED) is 0.752. The summed E-state index contributed by atoms with van der Waals surface area (Å²) < 4.78 is 12.4. The van der Waals surface area contributed by atoms with E-state index in [0.717, 1.165) is 11.1 Å². The first-order chi connectivity index (χ1) is 13.5. The Bertz CT molecular complexity index is 1110. The number of carbonyl (C=O) groups excluding carboxylic acids is 1. The highest BCUT2D eigenvalue weighted by atomic mass is 16.6. The molecule has 2 heterocycles. The standard InChI is InChI=1S/C21H21N3O4/c1-13-3-5-17-16(9-13)21(26)24(12-22-17)11-20(25)23-14(2)15-4-6-18-19(10-15)28-8-7-27-18/h3-6,9-10,12,14H,7-8,11H2,1-2H3,(H,23,25). The van der Waals surface area contributed by atoms with Crippen molar-refractivity contribution in [3.8, 4) is 11.5 Å². The largest absolute Gasteiger partial charge is 0.486 e. The molecule has 2 aromatic carbocycles. The van der Waals surface area contributed by atoms with E-state index in [9.17, 15) is 9.59 Å². The molecular weight excluding hydrogens is 358 g/mol. The van der Waals surface area contributed by atoms with Gasteiger partial charge < -0.3 is 14.8 Å². The Morgan fingerprint density at radius 3 is 2.79 bits per heavy atom. The van der Waals surface area contributed by atoms with Crippen LogP contribution in [-0.2, 0) is 11.3 Å². The number of hydrogen-bond donors (Lipinski definition) is 1. The lowest BCUT2D eigenvalue weighted by Gasteiger charge is -2.21. The molecule has 0 spiro atoms. The molecule has 1 unspecified atom stereocenters. The number of carbonyl (C=O) groups is 1. The Morgan fingerprint density at radius 1 is 1.18 bits per heavy atom. The Labute approximate surface area is 161 Å². The zero-order valence-electron chi connectivity index (χ0n) is 15.8. The SMILES string of the molecule is Cc1ccc2ncn(CC(=O)NC(C)c3ccc4c(c3)OCCO4)c(=O)c2c1. The van der Waals surface area contributed by atoms with E-state index < -0.39 is 0 Å². The molecule has 0 saturated carbocycles. The summed E-state index contributed by atoms with van der Waals surface area (Å²) in [6, 6.07) is 10.9. The third-order valence-electron chi connectivity index (χ3n) is 4.74. The third-order valence-corrected chi connectivity index (χ3v) is 4.74. The maximum Gasteiger partial charge on any atom is 0.261 e. The molecule has 1 atom stereocenters. The molecule has 144 valence electrons. The summed E-state index contributed by atoms with van der Waals surface area (Å²) in [6.07, 6.45) is 1.41. The summed E-state index contributed by atoms with van der Waals surface area (Å²) in [5, 5.41) is 3.42. The average molecular weight is 379 g/mol. The molecule has 4 rings (SSSR count). The number of rotatable bonds is 4. The van der Waals surface area contributed by atoms with Gasteiger partial charge in [-0.3, -0.25) is 14.2 Å². The zero-order valence-corrected chi connectivity index (χ0v) is 15.8. The van der Waals surface area contributed by atoms with Gasteiger partial charge in [0.25, 0.3) is 5.56 Å². The van der Waals surface area contributed by atoms with Crippen molar-refractivity contribution in [2.45, 2.75) is 26.4 Å². The number of nitrogens with one attached hydrogen (secondary N) is 1. The summed E-state index contributed by atoms with van der Waals surface area (Å²) >= 11 is 0. The summed E-state index contributed by atoms with van der Waals surface area (Å²) in [6.45, 7) is 4.75. The first-order valence-electron chi connectivity index (χ1n) is 9.16. The molecule has 1 aliphatic heterocycles. The molecule has 0 saturated heterocycles. The highest BCUT2D eigenvalue weighted by Gasteiger charge is 2.16. The van der Waals surface area contributed by atoms with E-state index >= 15 is 0 Å². The lowest BCUT2D eigenvalue weighted by atomic mass is 10.1. The minimum absolute atomic E-state index is 0.0927. The number of benzene rings is 2. The second-order valence-electron chi connectivity index (χ2n) is 6.89. The summed E-state index contributed by atoms with van der Waals surface area (Å²) in [5.41, 5.74) is 2.27. The predicted molar refractivity (Wildman–Crippen MR) is 105 cm³/mol. The van der Waals surface area contributed by atoms with Gasteiger partial charge in [-0.1, -0.05) is 17.7 Å². The minimum atomic E-state index is -0.265. The van der Waals surface area contributed by atoms with Gasteiger partial charge in [0.1, 0.15) is 19.8 Å². The number of fused-ring (bicyclic) bond motifs is 2. The van der Waals surface area contributed by atoms with E-state index in [1.54, 1.807) is 12.1 Å². The lowest BCUT2D eigenvalue weighted by molar-refractivity contribution is -0.122. The molecule has 7 heteroatoms. The van der Waals surface area contributed by atoms with Gasteiger partial charge in [0, 0.05) is 0 Å². The average Bonchev–Trinajstić information content (AvgIpc) is 2.70. The third kappa shape index (κ3) is 3.55. The number of nitrogens with zero attached hydrogens (tertiary/aromatic N) is 2. The highest BCUT2D eigenvalue weighted by molar-refractivity contribution is 5.79. The number of aryl methyl sites for hydroxylation is 1. The molecule has 1 N–H and O–H groups in total. The van der Waals surface area contributed by atoms with Crippen molar-refractivity contribution in [1.82, 2.24) is 14.9 Å². The summed E-state index contributed by atoms with van der Waals surface area (Å²) in [7, 11) is 0. The number of amides is 1. The number of ether oxygens (including phenoxy) is 2. The van der Waals surface area contributed by atoms with Crippen molar-refractivity contribution in [3.63, 3.8) is 0 Å². The summed E-state index contributed by atoms with van der Waals surface area (Å²) in [5.74, 6) is 1.12. The lowest BCUT2D eigenvalue weighted by Crippen LogP contribution is -2.34. The van der Waals surface area contributed by atoms with E-state index in [0.29, 0.717) is 35.6 Å². The van der Waals surface area contributed by atoms with Crippen LogP contribution < -0.4 is 20.3 Å². The molecule has 0 bridgehead atoms. The Hall–Kier alpha value is -3.35. The normalized spacial score (nSPS) is 13.9. The van der Waals surface area contributed by atoms with E-state index in [1.165, 1.54) is 10.9 Å². The fourth-order valence-electron chi connectivity index (χ4n) is 3.24. The zero-order chi connectivity index (χ0) is 19.7. The molecule has 1 amide bonds. The van der Waals surface area contributed by atoms with Crippen molar-refractivity contribution < 1.29 is 14.3 Å². The highest BCUT2D eigenvalue weighted by Crippen LogP contribution is 2.32. The van der Waals surface area contributed by atoms with Crippen LogP contribution in [0.15, 0.2) is 47.5 Å².